The fourth-order valence-corrected chi connectivity index (χ4v) is 2.88. The van der Waals surface area contributed by atoms with Crippen LogP contribution < -0.4 is 5.32 Å². The maximum Gasteiger partial charge on any atom is 0.123 e. The van der Waals surface area contributed by atoms with E-state index in [1.807, 2.05) is 12.1 Å². The Balaban J connectivity index is 2.08. The van der Waals surface area contributed by atoms with Gasteiger partial charge in [-0.15, -0.1) is 0 Å². The highest BCUT2D eigenvalue weighted by molar-refractivity contribution is 5.43. The molecule has 1 nitrogen and oxygen atoms in total. The van der Waals surface area contributed by atoms with E-state index in [1.54, 1.807) is 0 Å². The number of rotatable bonds is 1. The maximum atomic E-state index is 13.1. The summed E-state index contributed by atoms with van der Waals surface area (Å²) in [5, 5.41) is 3.58. The summed E-state index contributed by atoms with van der Waals surface area (Å²) in [4.78, 5) is 0. The highest BCUT2D eigenvalue weighted by Crippen LogP contribution is 2.36. The van der Waals surface area contributed by atoms with Crippen molar-refractivity contribution in [3.8, 4) is 0 Å². The van der Waals surface area contributed by atoms with Gasteiger partial charge in [-0.3, -0.25) is 0 Å². The monoisotopic (exact) mass is 255 g/mol. The lowest BCUT2D eigenvalue weighted by Crippen LogP contribution is -2.42. The summed E-state index contributed by atoms with van der Waals surface area (Å²) in [7, 11) is 0. The van der Waals surface area contributed by atoms with E-state index >= 15 is 0 Å². The van der Waals surface area contributed by atoms with Crippen LogP contribution in [0.5, 0.6) is 0 Å². The molecule has 2 aromatic carbocycles. The summed E-state index contributed by atoms with van der Waals surface area (Å²) in [6.45, 7) is 5.42. The second-order valence-electron chi connectivity index (χ2n) is 5.84. The largest absolute Gasteiger partial charge is 0.305 e. The van der Waals surface area contributed by atoms with Gasteiger partial charge in [0.05, 0.1) is 6.04 Å². The van der Waals surface area contributed by atoms with Crippen LogP contribution in [-0.4, -0.2) is 6.54 Å². The second kappa shape index (κ2) is 4.46. The zero-order valence-corrected chi connectivity index (χ0v) is 11.3. The van der Waals surface area contributed by atoms with Gasteiger partial charge >= 0.3 is 0 Å². The summed E-state index contributed by atoms with van der Waals surface area (Å²) in [6.07, 6.45) is 0. The molecule has 0 saturated heterocycles. The Morgan fingerprint density at radius 1 is 1.05 bits per heavy atom. The fraction of sp³-hybridized carbons (Fsp3) is 0.294. The third kappa shape index (κ3) is 2.17. The van der Waals surface area contributed by atoms with Crippen molar-refractivity contribution in [2.75, 3.05) is 6.54 Å². The minimum Gasteiger partial charge on any atom is -0.305 e. The van der Waals surface area contributed by atoms with E-state index in [2.05, 4.69) is 43.4 Å². The summed E-state index contributed by atoms with van der Waals surface area (Å²) < 4.78 is 13.1. The van der Waals surface area contributed by atoms with Crippen molar-refractivity contribution in [2.24, 2.45) is 0 Å². The van der Waals surface area contributed by atoms with Crippen LogP contribution in [0.4, 0.5) is 4.39 Å². The number of nitrogens with one attached hydrogen (secondary N) is 1. The second-order valence-corrected chi connectivity index (χ2v) is 5.84. The number of benzene rings is 2. The Labute approximate surface area is 113 Å². The van der Waals surface area contributed by atoms with Gasteiger partial charge in [-0.05, 0) is 28.8 Å². The minimum atomic E-state index is -0.187. The molecule has 2 aromatic rings. The van der Waals surface area contributed by atoms with Gasteiger partial charge in [-0.25, -0.2) is 4.39 Å². The van der Waals surface area contributed by atoms with E-state index < -0.39 is 0 Å². The highest BCUT2D eigenvalue weighted by Gasteiger charge is 2.32. The van der Waals surface area contributed by atoms with Gasteiger partial charge in [0.1, 0.15) is 5.82 Å². The van der Waals surface area contributed by atoms with Gasteiger partial charge in [0.15, 0.2) is 0 Å². The molecular formula is C17H18FN. The van der Waals surface area contributed by atoms with Gasteiger partial charge in [-0.1, -0.05) is 50.2 Å². The number of fused-ring (bicyclic) bond motifs is 1. The molecule has 0 radical (unpaired) electrons. The lowest BCUT2D eigenvalue weighted by Gasteiger charge is -2.38. The molecule has 1 unspecified atom stereocenters. The maximum absolute atomic E-state index is 13.1. The Hall–Kier alpha value is -1.67. The molecule has 0 fully saturated rings. The SMILES string of the molecule is CC1(C)CNC(c2ccc(F)cc2)c2ccccc21. The topological polar surface area (TPSA) is 12.0 Å². The highest BCUT2D eigenvalue weighted by atomic mass is 19.1. The third-order valence-corrected chi connectivity index (χ3v) is 3.95. The number of halogens is 1. The molecule has 98 valence electrons. The van der Waals surface area contributed by atoms with Crippen molar-refractivity contribution in [3.05, 3.63) is 71.0 Å². The molecule has 1 aliphatic heterocycles. The molecule has 0 aliphatic carbocycles. The first-order valence-electron chi connectivity index (χ1n) is 6.66. The molecule has 19 heavy (non-hydrogen) atoms. The van der Waals surface area contributed by atoms with Crippen LogP contribution in [-0.2, 0) is 5.41 Å². The lowest BCUT2D eigenvalue weighted by atomic mass is 9.75. The van der Waals surface area contributed by atoms with Crippen LogP contribution in [0.2, 0.25) is 0 Å². The number of hydrogen-bond acceptors (Lipinski definition) is 1. The van der Waals surface area contributed by atoms with Gasteiger partial charge in [0.2, 0.25) is 0 Å². The molecule has 1 N–H and O–H groups in total. The first-order chi connectivity index (χ1) is 9.08. The minimum absolute atomic E-state index is 0.132. The van der Waals surface area contributed by atoms with Gasteiger partial charge in [-0.2, -0.15) is 0 Å². The van der Waals surface area contributed by atoms with Crippen molar-refractivity contribution < 1.29 is 4.39 Å². The first kappa shape index (κ1) is 12.4. The van der Waals surface area contributed by atoms with Gasteiger partial charge in [0, 0.05) is 12.0 Å². The normalized spacial score (nSPS) is 20.9. The van der Waals surface area contributed by atoms with Crippen LogP contribution in [0.1, 0.15) is 36.6 Å². The van der Waals surface area contributed by atoms with E-state index in [4.69, 9.17) is 0 Å². The molecule has 1 atom stereocenters. The Morgan fingerprint density at radius 3 is 2.47 bits per heavy atom. The van der Waals surface area contributed by atoms with E-state index in [0.29, 0.717) is 0 Å². The van der Waals surface area contributed by atoms with Crippen LogP contribution >= 0.6 is 0 Å². The third-order valence-electron chi connectivity index (χ3n) is 3.95. The van der Waals surface area contributed by atoms with E-state index in [0.717, 1.165) is 12.1 Å². The van der Waals surface area contributed by atoms with Crippen molar-refractivity contribution >= 4 is 0 Å². The molecule has 2 heteroatoms. The van der Waals surface area contributed by atoms with Crippen molar-refractivity contribution in [3.63, 3.8) is 0 Å². The van der Waals surface area contributed by atoms with Crippen LogP contribution in [0.3, 0.4) is 0 Å². The molecule has 0 amide bonds. The molecule has 1 aliphatic rings. The first-order valence-corrected chi connectivity index (χ1v) is 6.66. The zero-order chi connectivity index (χ0) is 13.5. The van der Waals surface area contributed by atoms with E-state index in [-0.39, 0.29) is 17.3 Å². The van der Waals surface area contributed by atoms with Crippen molar-refractivity contribution in [1.82, 2.24) is 5.32 Å². The molecular weight excluding hydrogens is 237 g/mol. The van der Waals surface area contributed by atoms with Crippen LogP contribution in [0.25, 0.3) is 0 Å². The predicted octanol–water partition coefficient (Wildman–Crippen LogP) is 3.80. The molecule has 0 bridgehead atoms. The molecule has 0 aromatic heterocycles. The Bertz CT molecular complexity index is 586. The van der Waals surface area contributed by atoms with Gasteiger partial charge in [0.25, 0.3) is 0 Å². The summed E-state index contributed by atoms with van der Waals surface area (Å²) in [6, 6.07) is 15.5. The smallest absolute Gasteiger partial charge is 0.123 e. The average molecular weight is 255 g/mol. The van der Waals surface area contributed by atoms with E-state index in [9.17, 15) is 4.39 Å². The zero-order valence-electron chi connectivity index (χ0n) is 11.3. The molecule has 1 heterocycles. The number of hydrogen-bond donors (Lipinski definition) is 1. The quantitative estimate of drug-likeness (QED) is 0.817. The van der Waals surface area contributed by atoms with E-state index in [1.165, 1.54) is 23.3 Å². The summed E-state index contributed by atoms with van der Waals surface area (Å²) >= 11 is 0. The Morgan fingerprint density at radius 2 is 1.74 bits per heavy atom. The predicted molar refractivity (Wildman–Crippen MR) is 75.7 cm³/mol. The summed E-state index contributed by atoms with van der Waals surface area (Å²) in [5.41, 5.74) is 3.92. The lowest BCUT2D eigenvalue weighted by molar-refractivity contribution is 0.406. The molecule has 3 rings (SSSR count). The Kier molecular flexibility index (Phi) is 2.90. The molecule has 0 spiro atoms. The summed E-state index contributed by atoms with van der Waals surface area (Å²) in [5.74, 6) is -0.187. The van der Waals surface area contributed by atoms with Crippen LogP contribution in [0, 0.1) is 5.82 Å². The standard InChI is InChI=1S/C17H18FN/c1-17(2)11-19-16(12-7-9-13(18)10-8-12)14-5-3-4-6-15(14)17/h3-10,16,19H,11H2,1-2H3. The van der Waals surface area contributed by atoms with Crippen LogP contribution in [0.15, 0.2) is 48.5 Å². The fourth-order valence-electron chi connectivity index (χ4n) is 2.88. The average Bonchev–Trinajstić information content (AvgIpc) is 2.41. The van der Waals surface area contributed by atoms with Gasteiger partial charge < -0.3 is 5.32 Å². The van der Waals surface area contributed by atoms with Crippen molar-refractivity contribution in [2.45, 2.75) is 25.3 Å². The van der Waals surface area contributed by atoms with Crippen molar-refractivity contribution in [1.29, 1.82) is 0 Å². The molecule has 0 saturated carbocycles.